The molecule has 2 aromatic rings. The van der Waals surface area contributed by atoms with Gasteiger partial charge in [-0.05, 0) is 38.8 Å². The lowest BCUT2D eigenvalue weighted by molar-refractivity contribution is -0.161. The van der Waals surface area contributed by atoms with E-state index >= 15 is 0 Å². The van der Waals surface area contributed by atoms with Gasteiger partial charge in [0.25, 0.3) is 0 Å². The number of β-lactam (4-membered cyclic amide) rings is 1. The summed E-state index contributed by atoms with van der Waals surface area (Å²) in [5, 5.41) is 29.1. The highest BCUT2D eigenvalue weighted by atomic mass is 32.2. The van der Waals surface area contributed by atoms with Gasteiger partial charge in [0.1, 0.15) is 41.6 Å². The number of carbonyl (C=O) groups is 6. The summed E-state index contributed by atoms with van der Waals surface area (Å²) in [6.07, 6.45) is 0. The number of fused-ring (bicyclic) bond motifs is 1. The molecule has 3 saturated heterocycles. The molecule has 0 bridgehead atoms. The highest BCUT2D eigenvalue weighted by molar-refractivity contribution is 8.02. The molecule has 0 aliphatic carbocycles. The van der Waals surface area contributed by atoms with E-state index in [1.165, 1.54) is 16.7 Å². The van der Waals surface area contributed by atoms with Crippen molar-refractivity contribution in [1.29, 1.82) is 0 Å². The van der Waals surface area contributed by atoms with E-state index in [1.807, 2.05) is 0 Å². The number of amides is 4. The van der Waals surface area contributed by atoms with Crippen LogP contribution in [-0.4, -0.2) is 95.1 Å². The molecule has 16 heteroatoms. The topological polar surface area (TPSA) is 220 Å². The monoisotopic (exact) mass is 698 g/mol. The molecule has 0 saturated carbocycles. The van der Waals surface area contributed by atoms with Gasteiger partial charge in [-0.15, -0.1) is 23.5 Å². The van der Waals surface area contributed by atoms with E-state index in [0.717, 1.165) is 11.8 Å². The van der Waals surface area contributed by atoms with E-state index in [9.17, 15) is 39.0 Å². The first-order valence-corrected chi connectivity index (χ1v) is 17.0. The maximum Gasteiger partial charge on any atom is 0.327 e. The van der Waals surface area contributed by atoms with Crippen LogP contribution in [0.5, 0.6) is 0 Å². The van der Waals surface area contributed by atoms with E-state index in [-0.39, 0.29) is 0 Å². The summed E-state index contributed by atoms with van der Waals surface area (Å²) in [4.78, 5) is 79.8. The summed E-state index contributed by atoms with van der Waals surface area (Å²) in [6, 6.07) is 9.73. The predicted molar refractivity (Wildman–Crippen MR) is 178 cm³/mol. The molecule has 48 heavy (non-hydrogen) atoms. The van der Waals surface area contributed by atoms with Crippen LogP contribution in [-0.2, 0) is 28.8 Å². The zero-order valence-corrected chi connectivity index (χ0v) is 28.2. The number of nitrogens with one attached hydrogen (secondary N) is 4. The molecular formula is C32H38N6O8S2. The molecule has 3 aliphatic rings. The molecule has 8 atom stereocenters. The number of carboxylic acids is 2. The van der Waals surface area contributed by atoms with Gasteiger partial charge in [-0.2, -0.15) is 0 Å². The van der Waals surface area contributed by atoms with Crippen LogP contribution in [0.25, 0.3) is 0 Å². The fraction of sp³-hybridized carbons (Fsp3) is 0.438. The third-order valence-corrected chi connectivity index (χ3v) is 11.8. The Labute approximate surface area is 285 Å². The third kappa shape index (κ3) is 6.74. The minimum absolute atomic E-state index is 0.372. The van der Waals surface area contributed by atoms with E-state index < -0.39 is 92.1 Å². The number of benzene rings is 2. The summed E-state index contributed by atoms with van der Waals surface area (Å²) in [5.74, 6) is -5.06. The van der Waals surface area contributed by atoms with Crippen molar-refractivity contribution in [3.05, 3.63) is 71.8 Å². The lowest BCUT2D eigenvalue weighted by Crippen LogP contribution is -2.71. The average molecular weight is 699 g/mol. The Morgan fingerprint density at radius 3 is 1.94 bits per heavy atom. The van der Waals surface area contributed by atoms with E-state index in [4.69, 9.17) is 5.73 Å². The fourth-order valence-electron chi connectivity index (χ4n) is 6.22. The minimum Gasteiger partial charge on any atom is -0.480 e. The van der Waals surface area contributed by atoms with Crippen LogP contribution in [0.15, 0.2) is 60.7 Å². The summed E-state index contributed by atoms with van der Waals surface area (Å²) >= 11 is 2.41. The minimum atomic E-state index is -1.39. The van der Waals surface area contributed by atoms with Crippen LogP contribution in [0.3, 0.4) is 0 Å². The molecule has 0 radical (unpaired) electrons. The predicted octanol–water partition coefficient (Wildman–Crippen LogP) is 0.555. The van der Waals surface area contributed by atoms with Gasteiger partial charge in [0.15, 0.2) is 0 Å². The van der Waals surface area contributed by atoms with Crippen LogP contribution >= 0.6 is 23.5 Å². The van der Waals surface area contributed by atoms with Gasteiger partial charge < -0.3 is 36.8 Å². The maximum absolute atomic E-state index is 14.1. The molecule has 14 nitrogen and oxygen atoms in total. The zero-order valence-electron chi connectivity index (χ0n) is 26.6. The quantitative estimate of drug-likeness (QED) is 0.160. The zero-order chi connectivity index (χ0) is 35.1. The molecule has 4 amide bonds. The number of carboxylic acid groups (broad SMARTS) is 2. The van der Waals surface area contributed by atoms with Gasteiger partial charge in [-0.3, -0.25) is 29.3 Å². The Kier molecular flexibility index (Phi) is 9.83. The van der Waals surface area contributed by atoms with Crippen molar-refractivity contribution in [3.8, 4) is 0 Å². The highest BCUT2D eigenvalue weighted by Crippen LogP contribution is 2.51. The second kappa shape index (κ2) is 13.4. The van der Waals surface area contributed by atoms with Crippen molar-refractivity contribution in [2.75, 3.05) is 0 Å². The largest absolute Gasteiger partial charge is 0.480 e. The number of aliphatic carboxylic acids is 2. The molecule has 2 aromatic carbocycles. The normalized spacial score (nSPS) is 27.1. The van der Waals surface area contributed by atoms with Gasteiger partial charge in [0.2, 0.25) is 23.6 Å². The standard InChI is InChI=1S/C32H38N6O8S2/c1-31(2)21(29(43)44)37-26(47-31)19(35-23(39)17(33)15-11-7-5-8-12-15)25(41)34-18(16-13-9-6-10-14-16)24(40)36-20-27(42)38-22(30(45)46)32(3,4)48-28(20)38/h5-14,17-22,26,28,37H,33H2,1-4H3,(H,34,41)(H,35,39)(H,36,40)(H,43,44)(H,45,46)/t17-,18-,19+,20-,21+,22+,26?,28-/m1/s1. The molecule has 1 unspecified atom stereocenters. The first-order chi connectivity index (χ1) is 22.5. The third-order valence-electron chi connectivity index (χ3n) is 8.68. The molecule has 3 fully saturated rings. The van der Waals surface area contributed by atoms with Gasteiger partial charge in [0.05, 0.1) is 5.37 Å². The number of nitrogens with two attached hydrogens (primary N) is 1. The van der Waals surface area contributed by atoms with E-state index in [0.29, 0.717) is 11.1 Å². The molecule has 3 aliphatic heterocycles. The summed E-state index contributed by atoms with van der Waals surface area (Å²) in [5.41, 5.74) is 7.09. The Balaban J connectivity index is 1.40. The summed E-state index contributed by atoms with van der Waals surface area (Å²) in [6.45, 7) is 6.84. The molecule has 256 valence electrons. The van der Waals surface area contributed by atoms with Crippen LogP contribution in [0.2, 0.25) is 0 Å². The number of thioether (sulfide) groups is 2. The molecular weight excluding hydrogens is 661 g/mol. The number of hydrogen-bond acceptors (Lipinski definition) is 10. The fourth-order valence-corrected chi connectivity index (χ4v) is 9.34. The maximum atomic E-state index is 14.1. The molecule has 0 aromatic heterocycles. The first kappa shape index (κ1) is 35.2. The van der Waals surface area contributed by atoms with Gasteiger partial charge in [-0.25, -0.2) is 4.79 Å². The lowest BCUT2D eigenvalue weighted by atomic mass is 9.95. The number of carbonyl (C=O) groups excluding carboxylic acids is 4. The van der Waals surface area contributed by atoms with Gasteiger partial charge in [0, 0.05) is 9.49 Å². The van der Waals surface area contributed by atoms with Crippen LogP contribution in [0, 0.1) is 0 Å². The number of nitrogens with zero attached hydrogens (tertiary/aromatic N) is 1. The van der Waals surface area contributed by atoms with Crippen LogP contribution in [0.1, 0.15) is 50.9 Å². The van der Waals surface area contributed by atoms with Crippen LogP contribution in [0.4, 0.5) is 0 Å². The SMILES string of the molecule is CC1(C)S[C@@H]2[C@H](NC(=O)[C@H](NC(=O)[C@H](NC(=O)[C@H](N)c3ccccc3)C3N[C@@H](C(=O)O)C(C)(C)S3)c3ccccc3)C(=O)N2[C@H]1C(=O)O. The van der Waals surface area contributed by atoms with Crippen molar-refractivity contribution in [3.63, 3.8) is 0 Å². The van der Waals surface area contributed by atoms with Crippen LogP contribution < -0.4 is 27.0 Å². The van der Waals surface area contributed by atoms with Gasteiger partial charge >= 0.3 is 11.9 Å². The second-order valence-corrected chi connectivity index (χ2v) is 16.5. The molecule has 3 heterocycles. The molecule has 5 rings (SSSR count). The van der Waals surface area contributed by atoms with E-state index in [2.05, 4.69) is 21.3 Å². The Hall–Kier alpha value is -4.12. The summed E-state index contributed by atoms with van der Waals surface area (Å²) in [7, 11) is 0. The Bertz CT molecular complexity index is 1610. The average Bonchev–Trinajstić information content (AvgIpc) is 3.50. The Morgan fingerprint density at radius 1 is 0.812 bits per heavy atom. The molecule has 0 spiro atoms. The first-order valence-electron chi connectivity index (χ1n) is 15.2. The van der Waals surface area contributed by atoms with Crippen molar-refractivity contribution in [2.45, 2.75) is 84.2 Å². The molecule has 8 N–H and O–H groups in total. The number of rotatable bonds is 11. The van der Waals surface area contributed by atoms with Crippen molar-refractivity contribution in [1.82, 2.24) is 26.2 Å². The van der Waals surface area contributed by atoms with Crippen molar-refractivity contribution in [2.24, 2.45) is 5.73 Å². The lowest BCUT2D eigenvalue weighted by Gasteiger charge is -2.44. The van der Waals surface area contributed by atoms with Crippen molar-refractivity contribution >= 4 is 59.1 Å². The smallest absolute Gasteiger partial charge is 0.327 e. The summed E-state index contributed by atoms with van der Waals surface area (Å²) < 4.78 is -1.69. The van der Waals surface area contributed by atoms with Gasteiger partial charge in [-0.1, -0.05) is 60.7 Å². The highest BCUT2D eigenvalue weighted by Gasteiger charge is 2.64. The second-order valence-electron chi connectivity index (χ2n) is 12.9. The number of hydrogen-bond donors (Lipinski definition) is 7. The Morgan fingerprint density at radius 2 is 1.40 bits per heavy atom. The van der Waals surface area contributed by atoms with E-state index in [1.54, 1.807) is 88.4 Å². The van der Waals surface area contributed by atoms with Crippen molar-refractivity contribution < 1.29 is 39.0 Å².